The van der Waals surface area contributed by atoms with Crippen molar-refractivity contribution in [3.05, 3.63) is 12.2 Å². The molecule has 0 atom stereocenters. The van der Waals surface area contributed by atoms with Crippen molar-refractivity contribution in [1.29, 1.82) is 0 Å². The molecule has 0 saturated heterocycles. The van der Waals surface area contributed by atoms with Crippen molar-refractivity contribution in [2.45, 2.75) is 13.8 Å². The summed E-state index contributed by atoms with van der Waals surface area (Å²) in [5, 5.41) is 17.0. The summed E-state index contributed by atoms with van der Waals surface area (Å²) >= 11 is 0. The maximum Gasteiger partial charge on any atom is 0.324 e. The Balaban J connectivity index is 4.82. The van der Waals surface area contributed by atoms with Crippen LogP contribution < -0.4 is 0 Å². The third kappa shape index (κ3) is 1.80. The van der Waals surface area contributed by atoms with Crippen LogP contribution in [0.1, 0.15) is 13.8 Å². The van der Waals surface area contributed by atoms with Gasteiger partial charge in [-0.2, -0.15) is 0 Å². The first kappa shape index (κ1) is 9.68. The van der Waals surface area contributed by atoms with Crippen LogP contribution in [0.2, 0.25) is 0 Å². The standard InChI is InChI=1S/C7H10O4/c1-3-4-7(2,5(8)9)6(10)11/h3-4H,1-2H3,(H,8,9)(H,10,11). The lowest BCUT2D eigenvalue weighted by atomic mass is 9.91. The molecule has 0 spiro atoms. The number of carboxylic acid groups (broad SMARTS) is 2. The summed E-state index contributed by atoms with van der Waals surface area (Å²) in [6.07, 6.45) is 2.54. The van der Waals surface area contributed by atoms with Crippen LogP contribution in [0.25, 0.3) is 0 Å². The Kier molecular flexibility index (Phi) is 2.80. The van der Waals surface area contributed by atoms with E-state index in [1.165, 1.54) is 6.08 Å². The molecule has 0 aliphatic heterocycles. The van der Waals surface area contributed by atoms with E-state index >= 15 is 0 Å². The van der Waals surface area contributed by atoms with Gasteiger partial charge in [-0.3, -0.25) is 9.59 Å². The van der Waals surface area contributed by atoms with Gasteiger partial charge in [0.15, 0.2) is 5.41 Å². The van der Waals surface area contributed by atoms with Gasteiger partial charge in [0, 0.05) is 0 Å². The molecule has 0 unspecified atom stereocenters. The molecule has 0 radical (unpaired) electrons. The van der Waals surface area contributed by atoms with Crippen LogP contribution in [-0.2, 0) is 9.59 Å². The number of allylic oxidation sites excluding steroid dienone is 1. The van der Waals surface area contributed by atoms with E-state index in [0.29, 0.717) is 0 Å². The van der Waals surface area contributed by atoms with E-state index in [2.05, 4.69) is 0 Å². The minimum absolute atomic E-state index is 1.14. The second-order valence-electron chi connectivity index (χ2n) is 2.31. The summed E-state index contributed by atoms with van der Waals surface area (Å²) in [4.78, 5) is 20.8. The van der Waals surface area contributed by atoms with Gasteiger partial charge in [-0.1, -0.05) is 12.2 Å². The monoisotopic (exact) mass is 158 g/mol. The summed E-state index contributed by atoms with van der Waals surface area (Å²) in [5.74, 6) is -2.72. The van der Waals surface area contributed by atoms with Gasteiger partial charge < -0.3 is 10.2 Å². The maximum absolute atomic E-state index is 10.4. The van der Waals surface area contributed by atoms with Gasteiger partial charge in [-0.05, 0) is 13.8 Å². The molecular weight excluding hydrogens is 148 g/mol. The summed E-state index contributed by atoms with van der Waals surface area (Å²) in [6, 6.07) is 0. The number of hydrogen-bond donors (Lipinski definition) is 2. The molecule has 0 bridgehead atoms. The van der Waals surface area contributed by atoms with E-state index in [-0.39, 0.29) is 0 Å². The first-order valence-corrected chi connectivity index (χ1v) is 3.05. The minimum Gasteiger partial charge on any atom is -0.480 e. The van der Waals surface area contributed by atoms with Crippen molar-refractivity contribution in [2.75, 3.05) is 0 Å². The highest BCUT2D eigenvalue weighted by molar-refractivity contribution is 5.99. The molecular formula is C7H10O4. The molecule has 0 aromatic carbocycles. The molecule has 11 heavy (non-hydrogen) atoms. The zero-order chi connectivity index (χ0) is 9.07. The highest BCUT2D eigenvalue weighted by Gasteiger charge is 2.38. The summed E-state index contributed by atoms with van der Waals surface area (Å²) < 4.78 is 0. The molecule has 0 fully saturated rings. The highest BCUT2D eigenvalue weighted by Crippen LogP contribution is 2.18. The Bertz CT molecular complexity index is 190. The average molecular weight is 158 g/mol. The third-order valence-corrected chi connectivity index (χ3v) is 1.39. The molecule has 0 rings (SSSR count). The molecule has 4 heteroatoms. The quantitative estimate of drug-likeness (QED) is 0.469. The zero-order valence-corrected chi connectivity index (χ0v) is 6.37. The normalized spacial score (nSPS) is 11.8. The number of hydrogen-bond acceptors (Lipinski definition) is 2. The Morgan fingerprint density at radius 3 is 1.73 bits per heavy atom. The molecule has 0 aliphatic carbocycles. The first-order chi connectivity index (χ1) is 4.95. The van der Waals surface area contributed by atoms with Gasteiger partial charge in [0.05, 0.1) is 0 Å². The fraction of sp³-hybridized carbons (Fsp3) is 0.429. The minimum atomic E-state index is -1.80. The number of carboxylic acids is 2. The highest BCUT2D eigenvalue weighted by atomic mass is 16.4. The van der Waals surface area contributed by atoms with Crippen molar-refractivity contribution in [2.24, 2.45) is 5.41 Å². The number of aliphatic carboxylic acids is 2. The number of carbonyl (C=O) groups is 2. The zero-order valence-electron chi connectivity index (χ0n) is 6.37. The first-order valence-electron chi connectivity index (χ1n) is 3.05. The van der Waals surface area contributed by atoms with Crippen LogP contribution >= 0.6 is 0 Å². The van der Waals surface area contributed by atoms with Crippen molar-refractivity contribution in [3.63, 3.8) is 0 Å². The molecule has 0 saturated carbocycles. The smallest absolute Gasteiger partial charge is 0.324 e. The van der Waals surface area contributed by atoms with Gasteiger partial charge in [0.1, 0.15) is 0 Å². The Morgan fingerprint density at radius 2 is 1.64 bits per heavy atom. The summed E-state index contributed by atoms with van der Waals surface area (Å²) in [5.41, 5.74) is -1.80. The molecule has 0 aromatic rings. The lowest BCUT2D eigenvalue weighted by molar-refractivity contribution is -0.159. The fourth-order valence-electron chi connectivity index (χ4n) is 0.567. The molecule has 0 amide bonds. The number of rotatable bonds is 3. The molecule has 0 aromatic heterocycles. The van der Waals surface area contributed by atoms with Crippen molar-refractivity contribution in [1.82, 2.24) is 0 Å². The second-order valence-corrected chi connectivity index (χ2v) is 2.31. The van der Waals surface area contributed by atoms with E-state index in [0.717, 1.165) is 13.0 Å². The van der Waals surface area contributed by atoms with Crippen LogP contribution in [0.5, 0.6) is 0 Å². The van der Waals surface area contributed by atoms with E-state index in [1.54, 1.807) is 6.92 Å². The maximum atomic E-state index is 10.4. The fourth-order valence-corrected chi connectivity index (χ4v) is 0.567. The van der Waals surface area contributed by atoms with Crippen molar-refractivity contribution >= 4 is 11.9 Å². The van der Waals surface area contributed by atoms with Gasteiger partial charge in [0.25, 0.3) is 0 Å². The lowest BCUT2D eigenvalue weighted by Gasteiger charge is -2.13. The van der Waals surface area contributed by atoms with Crippen molar-refractivity contribution < 1.29 is 19.8 Å². The van der Waals surface area contributed by atoms with Crippen LogP contribution in [0.3, 0.4) is 0 Å². The Hall–Kier alpha value is -1.32. The van der Waals surface area contributed by atoms with Crippen LogP contribution in [-0.4, -0.2) is 22.2 Å². The summed E-state index contributed by atoms with van der Waals surface area (Å²) in [7, 11) is 0. The predicted molar refractivity (Wildman–Crippen MR) is 38.2 cm³/mol. The van der Waals surface area contributed by atoms with Crippen molar-refractivity contribution in [3.8, 4) is 0 Å². The molecule has 0 heterocycles. The summed E-state index contributed by atoms with van der Waals surface area (Å²) in [6.45, 7) is 2.71. The van der Waals surface area contributed by atoms with E-state index in [4.69, 9.17) is 10.2 Å². The SMILES string of the molecule is CC=CC(C)(C(=O)O)C(=O)O. The second kappa shape index (κ2) is 3.18. The average Bonchev–Trinajstić information content (AvgIpc) is 1.87. The lowest BCUT2D eigenvalue weighted by Crippen LogP contribution is -2.34. The van der Waals surface area contributed by atoms with Gasteiger partial charge >= 0.3 is 11.9 Å². The van der Waals surface area contributed by atoms with Gasteiger partial charge in [0.2, 0.25) is 0 Å². The molecule has 62 valence electrons. The topological polar surface area (TPSA) is 74.6 Å². The largest absolute Gasteiger partial charge is 0.480 e. The van der Waals surface area contributed by atoms with E-state index < -0.39 is 17.4 Å². The van der Waals surface area contributed by atoms with Crippen LogP contribution in [0.4, 0.5) is 0 Å². The van der Waals surface area contributed by atoms with Crippen LogP contribution in [0.15, 0.2) is 12.2 Å². The molecule has 0 aliphatic rings. The Labute approximate surface area is 64.2 Å². The van der Waals surface area contributed by atoms with E-state index in [1.807, 2.05) is 0 Å². The Morgan fingerprint density at radius 1 is 1.27 bits per heavy atom. The third-order valence-electron chi connectivity index (χ3n) is 1.39. The van der Waals surface area contributed by atoms with Gasteiger partial charge in [-0.25, -0.2) is 0 Å². The van der Waals surface area contributed by atoms with E-state index in [9.17, 15) is 9.59 Å². The van der Waals surface area contributed by atoms with Gasteiger partial charge in [-0.15, -0.1) is 0 Å². The molecule has 2 N–H and O–H groups in total. The van der Waals surface area contributed by atoms with Crippen LogP contribution in [0, 0.1) is 5.41 Å². The molecule has 4 nitrogen and oxygen atoms in total. The predicted octanol–water partition coefficient (Wildman–Crippen LogP) is 0.738.